The Morgan fingerprint density at radius 3 is 2.61 bits per heavy atom. The summed E-state index contributed by atoms with van der Waals surface area (Å²) in [6, 6.07) is 7.82. The normalized spacial score (nSPS) is 11.8. The molecule has 0 saturated carbocycles. The fraction of sp³-hybridized carbons (Fsp3) is 0.0714. The van der Waals surface area contributed by atoms with Crippen LogP contribution < -0.4 is 4.74 Å². The van der Waals surface area contributed by atoms with Gasteiger partial charge in [0.25, 0.3) is 10.1 Å². The Bertz CT molecular complexity index is 1020. The lowest BCUT2D eigenvalue weighted by Crippen LogP contribution is -2.00. The van der Waals surface area contributed by atoms with Gasteiger partial charge in [-0.15, -0.1) is 0 Å². The molecule has 23 heavy (non-hydrogen) atoms. The van der Waals surface area contributed by atoms with Crippen molar-refractivity contribution in [2.75, 3.05) is 7.11 Å². The number of halogens is 2. The van der Waals surface area contributed by atoms with Crippen molar-refractivity contribution in [3.63, 3.8) is 0 Å². The minimum absolute atomic E-state index is 0.107. The third-order valence-electron chi connectivity index (χ3n) is 3.31. The van der Waals surface area contributed by atoms with Crippen LogP contribution in [0.15, 0.2) is 35.2 Å². The van der Waals surface area contributed by atoms with E-state index in [1.165, 1.54) is 13.2 Å². The highest BCUT2D eigenvalue weighted by atomic mass is 35.5. The average molecular weight is 373 g/mol. The van der Waals surface area contributed by atoms with Crippen molar-refractivity contribution in [1.29, 1.82) is 0 Å². The third kappa shape index (κ3) is 2.88. The first-order valence-electron chi connectivity index (χ1n) is 6.30. The molecule has 3 rings (SSSR count). The van der Waals surface area contributed by atoms with Crippen LogP contribution in [0.4, 0.5) is 0 Å². The van der Waals surface area contributed by atoms with Crippen LogP contribution in [-0.4, -0.2) is 30.3 Å². The molecule has 1 heterocycles. The van der Waals surface area contributed by atoms with Crippen LogP contribution in [0.1, 0.15) is 0 Å². The van der Waals surface area contributed by atoms with E-state index in [9.17, 15) is 13.0 Å². The maximum Gasteiger partial charge on any atom is 0.296 e. The van der Waals surface area contributed by atoms with Gasteiger partial charge >= 0.3 is 0 Å². The molecule has 0 aliphatic heterocycles. The van der Waals surface area contributed by atoms with Gasteiger partial charge in [-0.25, -0.2) is 0 Å². The van der Waals surface area contributed by atoms with Gasteiger partial charge in [0.1, 0.15) is 16.3 Å². The molecule has 9 heteroatoms. The van der Waals surface area contributed by atoms with Gasteiger partial charge in [0.15, 0.2) is 0 Å². The molecule has 0 fully saturated rings. The summed E-state index contributed by atoms with van der Waals surface area (Å²) < 4.78 is 37.4. The number of aromatic amines is 1. The number of nitrogens with zero attached hydrogens (tertiary/aromatic N) is 1. The maximum absolute atomic E-state index is 11.5. The van der Waals surface area contributed by atoms with E-state index < -0.39 is 15.0 Å². The third-order valence-corrected chi connectivity index (χ3v) is 4.92. The van der Waals surface area contributed by atoms with Gasteiger partial charge in [-0.1, -0.05) is 23.2 Å². The standard InChI is InChI=1S/C14H10Cl2N2O4S/c1-22-8-2-3-11-9(6-8)14(18-17-11)10-4-7(15)5-12(13(10)16)23(19,20)21/h2-6H,1H3,(H,17,18)(H,19,20,21). The quantitative estimate of drug-likeness (QED) is 0.682. The molecule has 0 aliphatic rings. The van der Waals surface area contributed by atoms with Gasteiger partial charge in [0, 0.05) is 16.0 Å². The van der Waals surface area contributed by atoms with E-state index in [0.29, 0.717) is 22.3 Å². The van der Waals surface area contributed by atoms with Crippen molar-refractivity contribution >= 4 is 44.2 Å². The van der Waals surface area contributed by atoms with Gasteiger partial charge in [0.05, 0.1) is 17.6 Å². The fourth-order valence-electron chi connectivity index (χ4n) is 2.25. The van der Waals surface area contributed by atoms with Gasteiger partial charge in [-0.2, -0.15) is 13.5 Å². The minimum atomic E-state index is -4.51. The molecule has 0 bridgehead atoms. The largest absolute Gasteiger partial charge is 0.497 e. The van der Waals surface area contributed by atoms with Crippen LogP contribution >= 0.6 is 23.2 Å². The van der Waals surface area contributed by atoms with Gasteiger partial charge in [-0.3, -0.25) is 9.65 Å². The van der Waals surface area contributed by atoms with Crippen LogP contribution in [0.3, 0.4) is 0 Å². The molecule has 1 aromatic heterocycles. The van der Waals surface area contributed by atoms with Crippen molar-refractivity contribution in [1.82, 2.24) is 10.2 Å². The van der Waals surface area contributed by atoms with Crippen molar-refractivity contribution in [2.24, 2.45) is 0 Å². The number of nitrogens with one attached hydrogen (secondary N) is 1. The molecule has 0 aliphatic carbocycles. The second-order valence-electron chi connectivity index (χ2n) is 4.72. The topological polar surface area (TPSA) is 92.3 Å². The van der Waals surface area contributed by atoms with Crippen LogP contribution in [0.25, 0.3) is 22.2 Å². The monoisotopic (exact) mass is 372 g/mol. The van der Waals surface area contributed by atoms with E-state index in [1.807, 2.05) is 0 Å². The highest BCUT2D eigenvalue weighted by Gasteiger charge is 2.22. The molecule has 120 valence electrons. The number of rotatable bonds is 3. The molecular weight excluding hydrogens is 363 g/mol. The van der Waals surface area contributed by atoms with Crippen LogP contribution in [-0.2, 0) is 10.1 Å². The number of hydrogen-bond donors (Lipinski definition) is 2. The Kier molecular flexibility index (Phi) is 3.97. The molecular formula is C14H10Cl2N2O4S. The number of hydrogen-bond acceptors (Lipinski definition) is 4. The summed E-state index contributed by atoms with van der Waals surface area (Å²) in [6.07, 6.45) is 0. The highest BCUT2D eigenvalue weighted by molar-refractivity contribution is 7.86. The first-order chi connectivity index (χ1) is 10.8. The Hall–Kier alpha value is -1.80. The Morgan fingerprint density at radius 1 is 1.22 bits per heavy atom. The zero-order chi connectivity index (χ0) is 16.8. The van der Waals surface area contributed by atoms with Crippen molar-refractivity contribution in [3.05, 3.63) is 40.4 Å². The summed E-state index contributed by atoms with van der Waals surface area (Å²) in [5.41, 5.74) is 1.40. The molecule has 0 unspecified atom stereocenters. The first kappa shape index (κ1) is 16.1. The summed E-state index contributed by atoms with van der Waals surface area (Å²) in [7, 11) is -2.98. The van der Waals surface area contributed by atoms with Gasteiger partial charge in [0.2, 0.25) is 0 Å². The summed E-state index contributed by atoms with van der Waals surface area (Å²) in [5.74, 6) is 0.605. The summed E-state index contributed by atoms with van der Waals surface area (Å²) in [6.45, 7) is 0. The molecule has 0 spiro atoms. The zero-order valence-corrected chi connectivity index (χ0v) is 14.0. The minimum Gasteiger partial charge on any atom is -0.497 e. The number of aromatic nitrogens is 2. The molecule has 2 aromatic carbocycles. The highest BCUT2D eigenvalue weighted by Crippen LogP contribution is 2.38. The predicted octanol–water partition coefficient (Wildman–Crippen LogP) is 3.79. The van der Waals surface area contributed by atoms with Crippen molar-refractivity contribution < 1.29 is 17.7 Å². The van der Waals surface area contributed by atoms with Crippen LogP contribution in [0.5, 0.6) is 5.75 Å². The molecule has 0 atom stereocenters. The van der Waals surface area contributed by atoms with E-state index in [4.69, 9.17) is 27.9 Å². The van der Waals surface area contributed by atoms with Crippen molar-refractivity contribution in [3.8, 4) is 17.0 Å². The lowest BCUT2D eigenvalue weighted by molar-refractivity contribution is 0.415. The number of H-pyrrole nitrogens is 1. The molecule has 0 radical (unpaired) electrons. The van der Waals surface area contributed by atoms with Gasteiger partial charge < -0.3 is 4.74 Å². The molecule has 0 amide bonds. The van der Waals surface area contributed by atoms with Crippen LogP contribution in [0, 0.1) is 0 Å². The zero-order valence-electron chi connectivity index (χ0n) is 11.7. The summed E-state index contributed by atoms with van der Waals surface area (Å²) in [5, 5.41) is 7.61. The Labute approximate surface area is 141 Å². The first-order valence-corrected chi connectivity index (χ1v) is 8.50. The second kappa shape index (κ2) is 5.68. The lowest BCUT2D eigenvalue weighted by Gasteiger charge is -2.08. The number of ether oxygens (including phenoxy) is 1. The molecule has 6 nitrogen and oxygen atoms in total. The number of methoxy groups -OCH3 is 1. The van der Waals surface area contributed by atoms with E-state index in [2.05, 4.69) is 10.2 Å². The van der Waals surface area contributed by atoms with Crippen LogP contribution in [0.2, 0.25) is 10.0 Å². The van der Waals surface area contributed by atoms with E-state index in [-0.39, 0.29) is 15.6 Å². The smallest absolute Gasteiger partial charge is 0.296 e. The lowest BCUT2D eigenvalue weighted by atomic mass is 10.1. The average Bonchev–Trinajstić information content (AvgIpc) is 2.90. The summed E-state index contributed by atoms with van der Waals surface area (Å²) >= 11 is 12.1. The maximum atomic E-state index is 11.5. The fourth-order valence-corrected chi connectivity index (χ4v) is 3.64. The predicted molar refractivity (Wildman–Crippen MR) is 87.9 cm³/mol. The SMILES string of the molecule is COc1ccc2[nH]nc(-c3cc(Cl)cc(S(=O)(=O)O)c3Cl)c2c1. The van der Waals surface area contributed by atoms with E-state index in [0.717, 1.165) is 6.07 Å². The van der Waals surface area contributed by atoms with E-state index in [1.54, 1.807) is 18.2 Å². The van der Waals surface area contributed by atoms with Gasteiger partial charge in [-0.05, 0) is 30.3 Å². The Balaban J connectivity index is 2.33. The molecule has 2 N–H and O–H groups in total. The van der Waals surface area contributed by atoms with Crippen molar-refractivity contribution in [2.45, 2.75) is 4.90 Å². The second-order valence-corrected chi connectivity index (χ2v) is 6.93. The van der Waals surface area contributed by atoms with E-state index >= 15 is 0 Å². The Morgan fingerprint density at radius 2 is 1.96 bits per heavy atom. The summed E-state index contributed by atoms with van der Waals surface area (Å²) in [4.78, 5) is -0.472. The number of fused-ring (bicyclic) bond motifs is 1. The molecule has 3 aromatic rings. The number of benzene rings is 2. The molecule has 0 saturated heterocycles.